The Labute approximate surface area is 135 Å². The number of nitrogens with one attached hydrogen (secondary N) is 2. The summed E-state index contributed by atoms with van der Waals surface area (Å²) in [6.45, 7) is 1.85. The number of carbonyl (C=O) groups excluding carboxylic acids is 1. The number of nitro benzene ring substituents is 1. The van der Waals surface area contributed by atoms with Crippen molar-refractivity contribution in [2.75, 3.05) is 17.2 Å². The van der Waals surface area contributed by atoms with Crippen LogP contribution in [0.4, 0.5) is 17.1 Å². The van der Waals surface area contributed by atoms with Crippen molar-refractivity contribution in [2.45, 2.75) is 6.92 Å². The molecule has 0 heterocycles. The van der Waals surface area contributed by atoms with Gasteiger partial charge in [0.05, 0.1) is 17.2 Å². The number of carbonyl (C=O) groups is 1. The highest BCUT2D eigenvalue weighted by atomic mass is 79.9. The van der Waals surface area contributed by atoms with Gasteiger partial charge in [0.25, 0.3) is 5.69 Å². The van der Waals surface area contributed by atoms with E-state index in [2.05, 4.69) is 26.6 Å². The van der Waals surface area contributed by atoms with Gasteiger partial charge in [-0.3, -0.25) is 14.9 Å². The lowest BCUT2D eigenvalue weighted by atomic mass is 10.2. The topological polar surface area (TPSA) is 84.3 Å². The van der Waals surface area contributed by atoms with Crippen LogP contribution >= 0.6 is 15.9 Å². The molecule has 0 fully saturated rings. The van der Waals surface area contributed by atoms with Gasteiger partial charge in [-0.25, -0.2) is 0 Å². The maximum Gasteiger partial charge on any atom is 0.271 e. The Bertz CT molecular complexity index is 702. The van der Waals surface area contributed by atoms with E-state index in [4.69, 9.17) is 0 Å². The maximum absolute atomic E-state index is 11.9. The predicted octanol–water partition coefficient (Wildman–Crippen LogP) is 3.72. The summed E-state index contributed by atoms with van der Waals surface area (Å²) in [4.78, 5) is 22.2. The van der Waals surface area contributed by atoms with E-state index in [1.54, 1.807) is 13.0 Å². The number of non-ortho nitro benzene ring substituents is 1. The van der Waals surface area contributed by atoms with Crippen LogP contribution in [-0.4, -0.2) is 17.4 Å². The highest BCUT2D eigenvalue weighted by Crippen LogP contribution is 2.21. The van der Waals surface area contributed by atoms with Crippen molar-refractivity contribution in [3.8, 4) is 0 Å². The number of hydrogen-bond donors (Lipinski definition) is 2. The third-order valence-electron chi connectivity index (χ3n) is 3.00. The van der Waals surface area contributed by atoms with E-state index in [9.17, 15) is 14.9 Å². The molecule has 22 heavy (non-hydrogen) atoms. The lowest BCUT2D eigenvalue weighted by Crippen LogP contribution is -2.22. The molecule has 2 aromatic rings. The highest BCUT2D eigenvalue weighted by Gasteiger charge is 2.10. The van der Waals surface area contributed by atoms with Crippen LogP contribution in [0.2, 0.25) is 0 Å². The number of amides is 1. The summed E-state index contributed by atoms with van der Waals surface area (Å²) in [5.74, 6) is -0.272. The fourth-order valence-electron chi connectivity index (χ4n) is 1.80. The lowest BCUT2D eigenvalue weighted by molar-refractivity contribution is -0.384. The molecule has 0 unspecified atom stereocenters. The molecule has 0 bridgehead atoms. The standard InChI is InChI=1S/C15H14BrN3O3/c1-10-2-7-13(19(21)22)8-14(10)18-15(20)9-17-12-5-3-11(16)4-6-12/h2-8,17H,9H2,1H3,(H,18,20). The Kier molecular flexibility index (Phi) is 5.11. The van der Waals surface area contributed by atoms with Crippen LogP contribution in [0.25, 0.3) is 0 Å². The van der Waals surface area contributed by atoms with Gasteiger partial charge in [-0.05, 0) is 36.8 Å². The van der Waals surface area contributed by atoms with Crippen molar-refractivity contribution in [1.82, 2.24) is 0 Å². The monoisotopic (exact) mass is 363 g/mol. The fourth-order valence-corrected chi connectivity index (χ4v) is 2.07. The summed E-state index contributed by atoms with van der Waals surface area (Å²) in [5, 5.41) is 16.4. The van der Waals surface area contributed by atoms with Crippen molar-refractivity contribution < 1.29 is 9.72 Å². The summed E-state index contributed by atoms with van der Waals surface area (Å²) in [6.07, 6.45) is 0. The molecule has 0 aliphatic heterocycles. The fraction of sp³-hybridized carbons (Fsp3) is 0.133. The first-order chi connectivity index (χ1) is 10.5. The molecule has 6 nitrogen and oxygen atoms in total. The average Bonchev–Trinajstić information content (AvgIpc) is 2.48. The largest absolute Gasteiger partial charge is 0.376 e. The highest BCUT2D eigenvalue weighted by molar-refractivity contribution is 9.10. The summed E-state index contributed by atoms with van der Waals surface area (Å²) in [5.41, 5.74) is 1.97. The van der Waals surface area contributed by atoms with E-state index in [1.807, 2.05) is 24.3 Å². The van der Waals surface area contributed by atoms with Crippen LogP contribution in [0, 0.1) is 17.0 Å². The zero-order chi connectivity index (χ0) is 16.1. The molecule has 0 saturated carbocycles. The van der Waals surface area contributed by atoms with E-state index in [-0.39, 0.29) is 18.1 Å². The van der Waals surface area contributed by atoms with E-state index in [0.717, 1.165) is 15.7 Å². The Hall–Kier alpha value is -2.41. The molecule has 1 amide bonds. The molecular weight excluding hydrogens is 350 g/mol. The summed E-state index contributed by atoms with van der Waals surface area (Å²) < 4.78 is 0.953. The van der Waals surface area contributed by atoms with Gasteiger partial charge in [0.1, 0.15) is 0 Å². The van der Waals surface area contributed by atoms with Gasteiger partial charge in [0, 0.05) is 22.3 Å². The van der Waals surface area contributed by atoms with E-state index >= 15 is 0 Å². The Balaban J connectivity index is 1.98. The van der Waals surface area contributed by atoms with Crippen molar-refractivity contribution in [3.05, 3.63) is 62.6 Å². The van der Waals surface area contributed by atoms with E-state index < -0.39 is 4.92 Å². The van der Waals surface area contributed by atoms with Gasteiger partial charge in [0.2, 0.25) is 5.91 Å². The molecule has 2 rings (SSSR count). The number of anilines is 2. The number of halogens is 1. The van der Waals surface area contributed by atoms with E-state index in [0.29, 0.717) is 5.69 Å². The van der Waals surface area contributed by atoms with Crippen LogP contribution < -0.4 is 10.6 Å². The quantitative estimate of drug-likeness (QED) is 0.626. The van der Waals surface area contributed by atoms with Crippen LogP contribution in [0.15, 0.2) is 46.9 Å². The first kappa shape index (κ1) is 16.0. The zero-order valence-electron chi connectivity index (χ0n) is 11.8. The average molecular weight is 364 g/mol. The number of hydrogen-bond acceptors (Lipinski definition) is 4. The molecule has 2 N–H and O–H groups in total. The molecule has 2 aromatic carbocycles. The Morgan fingerprint density at radius 3 is 2.55 bits per heavy atom. The minimum absolute atomic E-state index is 0.0539. The van der Waals surface area contributed by atoms with Gasteiger partial charge < -0.3 is 10.6 Å². The summed E-state index contributed by atoms with van der Waals surface area (Å²) in [7, 11) is 0. The van der Waals surface area contributed by atoms with Crippen molar-refractivity contribution in [3.63, 3.8) is 0 Å². The minimum atomic E-state index is -0.491. The van der Waals surface area contributed by atoms with Gasteiger partial charge in [-0.1, -0.05) is 22.0 Å². The molecular formula is C15H14BrN3O3. The number of benzene rings is 2. The van der Waals surface area contributed by atoms with Crippen LogP contribution in [0.1, 0.15) is 5.56 Å². The summed E-state index contributed by atoms with van der Waals surface area (Å²) in [6, 6.07) is 11.8. The molecule has 0 aromatic heterocycles. The maximum atomic E-state index is 11.9. The molecule has 0 saturated heterocycles. The molecule has 0 aliphatic rings. The normalized spacial score (nSPS) is 10.1. The SMILES string of the molecule is Cc1ccc([N+](=O)[O-])cc1NC(=O)CNc1ccc(Br)cc1. The van der Waals surface area contributed by atoms with Crippen LogP contribution in [-0.2, 0) is 4.79 Å². The van der Waals surface area contributed by atoms with Gasteiger partial charge in [-0.15, -0.1) is 0 Å². The first-order valence-corrected chi connectivity index (χ1v) is 7.29. The smallest absolute Gasteiger partial charge is 0.271 e. The Morgan fingerprint density at radius 1 is 1.23 bits per heavy atom. The number of nitrogens with zero attached hydrogens (tertiary/aromatic N) is 1. The lowest BCUT2D eigenvalue weighted by Gasteiger charge is -2.10. The second-order valence-electron chi connectivity index (χ2n) is 4.66. The number of aryl methyl sites for hydroxylation is 1. The third-order valence-corrected chi connectivity index (χ3v) is 3.53. The predicted molar refractivity (Wildman–Crippen MR) is 89.1 cm³/mol. The van der Waals surface area contributed by atoms with Gasteiger partial charge in [-0.2, -0.15) is 0 Å². The van der Waals surface area contributed by atoms with Gasteiger partial charge >= 0.3 is 0 Å². The Morgan fingerprint density at radius 2 is 1.91 bits per heavy atom. The van der Waals surface area contributed by atoms with Crippen LogP contribution in [0.3, 0.4) is 0 Å². The molecule has 0 spiro atoms. The number of rotatable bonds is 5. The molecule has 0 aliphatic carbocycles. The van der Waals surface area contributed by atoms with Crippen molar-refractivity contribution >= 4 is 38.9 Å². The third kappa shape index (κ3) is 4.29. The van der Waals surface area contributed by atoms with E-state index in [1.165, 1.54) is 12.1 Å². The van der Waals surface area contributed by atoms with Gasteiger partial charge in [0.15, 0.2) is 0 Å². The molecule has 0 radical (unpaired) electrons. The second-order valence-corrected chi connectivity index (χ2v) is 5.58. The zero-order valence-corrected chi connectivity index (χ0v) is 13.4. The molecule has 7 heteroatoms. The number of nitro groups is 1. The summed E-state index contributed by atoms with van der Waals surface area (Å²) >= 11 is 3.33. The van der Waals surface area contributed by atoms with Crippen molar-refractivity contribution in [2.24, 2.45) is 0 Å². The second kappa shape index (κ2) is 7.04. The molecule has 114 valence electrons. The van der Waals surface area contributed by atoms with Crippen LogP contribution in [0.5, 0.6) is 0 Å². The molecule has 0 atom stereocenters. The minimum Gasteiger partial charge on any atom is -0.376 e. The van der Waals surface area contributed by atoms with Crippen molar-refractivity contribution in [1.29, 1.82) is 0 Å². The first-order valence-electron chi connectivity index (χ1n) is 6.50.